The number of halogens is 1. The summed E-state index contributed by atoms with van der Waals surface area (Å²) in [5, 5.41) is 6.52. The number of hydrazone groups is 1. The summed E-state index contributed by atoms with van der Waals surface area (Å²) in [6.45, 7) is 0. The molecular formula is C17H14FN3O2S2. The Labute approximate surface area is 148 Å². The number of rotatable bonds is 5. The van der Waals surface area contributed by atoms with Gasteiger partial charge in [0.25, 0.3) is 0 Å². The molecule has 0 saturated carbocycles. The first kappa shape index (κ1) is 17.2. The number of hydrogen-bond donors (Lipinski definition) is 1. The zero-order valence-corrected chi connectivity index (χ0v) is 14.8. The molecule has 3 rings (SSSR count). The van der Waals surface area contributed by atoms with Crippen molar-refractivity contribution in [3.8, 4) is 11.3 Å². The standard InChI is InChI=1S/C17H14FN3O2S2/c1-25(22,23)16-8-7-12(9-14(16)18)10-19-21-17-20-15(11-24-17)13-5-3-2-4-6-13/h2-11H,1H3,(H,20,21). The molecule has 0 spiro atoms. The molecule has 0 aliphatic heterocycles. The molecule has 0 radical (unpaired) electrons. The van der Waals surface area contributed by atoms with Crippen molar-refractivity contribution in [2.75, 3.05) is 11.7 Å². The summed E-state index contributed by atoms with van der Waals surface area (Å²) in [4.78, 5) is 4.09. The van der Waals surface area contributed by atoms with Crippen LogP contribution in [0.5, 0.6) is 0 Å². The van der Waals surface area contributed by atoms with Crippen LogP contribution in [-0.2, 0) is 9.84 Å². The second-order valence-corrected chi connectivity index (χ2v) is 8.08. The summed E-state index contributed by atoms with van der Waals surface area (Å²) in [5.41, 5.74) is 5.07. The van der Waals surface area contributed by atoms with E-state index in [9.17, 15) is 12.8 Å². The molecule has 0 atom stereocenters. The summed E-state index contributed by atoms with van der Waals surface area (Å²) in [6, 6.07) is 13.6. The lowest BCUT2D eigenvalue weighted by atomic mass is 10.2. The molecule has 25 heavy (non-hydrogen) atoms. The van der Waals surface area contributed by atoms with E-state index in [1.807, 2.05) is 35.7 Å². The summed E-state index contributed by atoms with van der Waals surface area (Å²) in [7, 11) is -3.58. The maximum absolute atomic E-state index is 13.8. The Morgan fingerprint density at radius 2 is 1.96 bits per heavy atom. The molecule has 2 aromatic carbocycles. The lowest BCUT2D eigenvalue weighted by Crippen LogP contribution is -2.01. The van der Waals surface area contributed by atoms with Crippen molar-refractivity contribution in [3.63, 3.8) is 0 Å². The fraction of sp³-hybridized carbons (Fsp3) is 0.0588. The van der Waals surface area contributed by atoms with E-state index in [1.54, 1.807) is 0 Å². The topological polar surface area (TPSA) is 71.4 Å². The van der Waals surface area contributed by atoms with Crippen LogP contribution in [0, 0.1) is 5.82 Å². The van der Waals surface area contributed by atoms with Gasteiger partial charge in [0.1, 0.15) is 10.7 Å². The molecule has 3 aromatic rings. The molecule has 5 nitrogen and oxygen atoms in total. The van der Waals surface area contributed by atoms with Crippen LogP contribution in [0.2, 0.25) is 0 Å². The van der Waals surface area contributed by atoms with Gasteiger partial charge in [0.15, 0.2) is 9.84 Å². The highest BCUT2D eigenvalue weighted by Crippen LogP contribution is 2.24. The number of sulfone groups is 1. The van der Waals surface area contributed by atoms with Crippen molar-refractivity contribution < 1.29 is 12.8 Å². The molecule has 0 amide bonds. The molecule has 1 heterocycles. The van der Waals surface area contributed by atoms with Gasteiger partial charge in [0, 0.05) is 17.2 Å². The van der Waals surface area contributed by atoms with E-state index in [-0.39, 0.29) is 4.90 Å². The molecule has 8 heteroatoms. The van der Waals surface area contributed by atoms with Gasteiger partial charge in [-0.05, 0) is 17.7 Å². The Morgan fingerprint density at radius 3 is 2.64 bits per heavy atom. The number of thiazole rings is 1. The predicted molar refractivity (Wildman–Crippen MR) is 98.3 cm³/mol. The van der Waals surface area contributed by atoms with Crippen LogP contribution in [0.25, 0.3) is 11.3 Å². The molecule has 1 aromatic heterocycles. The van der Waals surface area contributed by atoms with E-state index in [0.717, 1.165) is 23.6 Å². The SMILES string of the molecule is CS(=O)(=O)c1ccc(C=NNc2nc(-c3ccccc3)cs2)cc1F. The summed E-state index contributed by atoms with van der Waals surface area (Å²) < 4.78 is 36.6. The lowest BCUT2D eigenvalue weighted by Gasteiger charge is -2.01. The van der Waals surface area contributed by atoms with Crippen LogP contribution in [0.15, 0.2) is 63.9 Å². The van der Waals surface area contributed by atoms with Crippen LogP contribution in [0.4, 0.5) is 9.52 Å². The number of nitrogens with one attached hydrogen (secondary N) is 1. The smallest absolute Gasteiger partial charge is 0.203 e. The van der Waals surface area contributed by atoms with Gasteiger partial charge in [-0.15, -0.1) is 11.3 Å². The second kappa shape index (κ2) is 7.12. The average molecular weight is 375 g/mol. The molecule has 0 fully saturated rings. The van der Waals surface area contributed by atoms with Crippen molar-refractivity contribution in [2.45, 2.75) is 4.90 Å². The van der Waals surface area contributed by atoms with Crippen molar-refractivity contribution in [1.82, 2.24) is 4.98 Å². The number of hydrogen-bond acceptors (Lipinski definition) is 6. The quantitative estimate of drug-likeness (QED) is 0.544. The van der Waals surface area contributed by atoms with E-state index in [4.69, 9.17) is 0 Å². The Morgan fingerprint density at radius 1 is 1.20 bits per heavy atom. The average Bonchev–Trinajstić information content (AvgIpc) is 3.03. The molecule has 128 valence electrons. The number of nitrogens with zero attached hydrogens (tertiary/aromatic N) is 2. The first-order valence-electron chi connectivity index (χ1n) is 7.23. The minimum atomic E-state index is -3.58. The maximum Gasteiger partial charge on any atom is 0.203 e. The van der Waals surface area contributed by atoms with Crippen molar-refractivity contribution in [1.29, 1.82) is 0 Å². The van der Waals surface area contributed by atoms with Gasteiger partial charge in [-0.1, -0.05) is 36.4 Å². The Balaban J connectivity index is 1.70. The summed E-state index contributed by atoms with van der Waals surface area (Å²) in [6.07, 6.45) is 2.37. The molecule has 0 bridgehead atoms. The Bertz CT molecular complexity index is 1020. The second-order valence-electron chi connectivity index (χ2n) is 5.24. The first-order chi connectivity index (χ1) is 11.9. The third kappa shape index (κ3) is 4.28. The zero-order chi connectivity index (χ0) is 17.9. The van der Waals surface area contributed by atoms with Crippen LogP contribution in [0.3, 0.4) is 0 Å². The van der Waals surface area contributed by atoms with Crippen LogP contribution in [-0.4, -0.2) is 25.9 Å². The third-order valence-electron chi connectivity index (χ3n) is 3.30. The van der Waals surface area contributed by atoms with E-state index in [1.165, 1.54) is 29.7 Å². The molecule has 0 saturated heterocycles. The monoisotopic (exact) mass is 375 g/mol. The molecule has 0 aliphatic rings. The highest BCUT2D eigenvalue weighted by molar-refractivity contribution is 7.90. The molecule has 1 N–H and O–H groups in total. The Hall–Kier alpha value is -2.58. The predicted octanol–water partition coefficient (Wildman–Crippen LogP) is 3.80. The maximum atomic E-state index is 13.8. The minimum Gasteiger partial charge on any atom is -0.253 e. The van der Waals surface area contributed by atoms with E-state index >= 15 is 0 Å². The van der Waals surface area contributed by atoms with Gasteiger partial charge in [-0.25, -0.2) is 17.8 Å². The van der Waals surface area contributed by atoms with Crippen molar-refractivity contribution in [3.05, 3.63) is 65.3 Å². The molecular weight excluding hydrogens is 361 g/mol. The van der Waals surface area contributed by atoms with E-state index in [0.29, 0.717) is 10.7 Å². The lowest BCUT2D eigenvalue weighted by molar-refractivity contribution is 0.570. The van der Waals surface area contributed by atoms with Gasteiger partial charge >= 0.3 is 0 Å². The summed E-state index contributed by atoms with van der Waals surface area (Å²) in [5.74, 6) is -0.799. The zero-order valence-electron chi connectivity index (χ0n) is 13.2. The molecule has 0 unspecified atom stereocenters. The van der Waals surface area contributed by atoms with Gasteiger partial charge in [0.05, 0.1) is 11.9 Å². The minimum absolute atomic E-state index is 0.329. The van der Waals surface area contributed by atoms with Crippen molar-refractivity contribution >= 4 is 32.5 Å². The van der Waals surface area contributed by atoms with Crippen LogP contribution >= 0.6 is 11.3 Å². The van der Waals surface area contributed by atoms with Gasteiger partial charge in [-0.2, -0.15) is 5.10 Å². The first-order valence-corrected chi connectivity index (χ1v) is 10.0. The highest BCUT2D eigenvalue weighted by atomic mass is 32.2. The third-order valence-corrected chi connectivity index (χ3v) is 5.18. The number of aromatic nitrogens is 1. The molecule has 0 aliphatic carbocycles. The van der Waals surface area contributed by atoms with Gasteiger partial charge in [0.2, 0.25) is 5.13 Å². The largest absolute Gasteiger partial charge is 0.253 e. The van der Waals surface area contributed by atoms with Gasteiger partial charge < -0.3 is 0 Å². The van der Waals surface area contributed by atoms with Crippen LogP contribution in [0.1, 0.15) is 5.56 Å². The summed E-state index contributed by atoms with van der Waals surface area (Å²) >= 11 is 1.40. The normalized spacial score (nSPS) is 11.8. The van der Waals surface area contributed by atoms with E-state index < -0.39 is 15.7 Å². The van der Waals surface area contributed by atoms with Gasteiger partial charge in [-0.3, -0.25) is 5.43 Å². The number of benzene rings is 2. The fourth-order valence-corrected chi connectivity index (χ4v) is 3.52. The van der Waals surface area contributed by atoms with Crippen LogP contribution < -0.4 is 5.43 Å². The van der Waals surface area contributed by atoms with E-state index in [2.05, 4.69) is 15.5 Å². The fourth-order valence-electron chi connectivity index (χ4n) is 2.13. The van der Waals surface area contributed by atoms with Crippen molar-refractivity contribution in [2.24, 2.45) is 5.10 Å². The Kier molecular flexibility index (Phi) is 4.91. The number of anilines is 1. The highest BCUT2D eigenvalue weighted by Gasteiger charge is 2.13.